The number of carbonyl (C=O) groups is 1. The number of benzene rings is 1. The molecule has 7 heteroatoms. The Hall–Kier alpha value is -1.76. The molecule has 2 amide bonds. The van der Waals surface area contributed by atoms with E-state index in [1.165, 1.54) is 6.07 Å². The van der Waals surface area contributed by atoms with Crippen LogP contribution in [0, 0.1) is 0 Å². The molecule has 18 heavy (non-hydrogen) atoms. The molecule has 0 saturated heterocycles. The highest BCUT2D eigenvalue weighted by molar-refractivity contribution is 7.90. The van der Waals surface area contributed by atoms with Crippen molar-refractivity contribution in [3.8, 4) is 0 Å². The molecule has 0 aromatic heterocycles. The van der Waals surface area contributed by atoms with Crippen molar-refractivity contribution in [2.45, 2.75) is 31.6 Å². The Kier molecular flexibility index (Phi) is 4.18. The van der Waals surface area contributed by atoms with Crippen molar-refractivity contribution in [2.75, 3.05) is 5.73 Å². The van der Waals surface area contributed by atoms with Gasteiger partial charge < -0.3 is 11.5 Å². The maximum Gasteiger partial charge on any atom is 0.326 e. The molecule has 0 spiro atoms. The monoisotopic (exact) mass is 271 g/mol. The van der Waals surface area contributed by atoms with Crippen LogP contribution in [0.1, 0.15) is 25.0 Å². The molecular formula is C11H17N3O3S. The van der Waals surface area contributed by atoms with Crippen molar-refractivity contribution in [1.29, 1.82) is 0 Å². The van der Waals surface area contributed by atoms with Crippen molar-refractivity contribution >= 4 is 21.7 Å². The zero-order valence-corrected chi connectivity index (χ0v) is 11.2. The van der Waals surface area contributed by atoms with Gasteiger partial charge in [-0.2, -0.15) is 0 Å². The number of sulfonamides is 1. The number of hydrogen-bond acceptors (Lipinski definition) is 4. The molecule has 0 unspecified atom stereocenters. The average molecular weight is 271 g/mol. The Bertz CT molecular complexity index is 567. The Morgan fingerprint density at radius 3 is 2.33 bits per heavy atom. The first-order chi connectivity index (χ1) is 8.31. The third-order valence-electron chi connectivity index (χ3n) is 2.59. The highest BCUT2D eigenvalue weighted by Gasteiger charge is 2.21. The van der Waals surface area contributed by atoms with Gasteiger partial charge in [-0.1, -0.05) is 13.8 Å². The van der Waals surface area contributed by atoms with E-state index in [0.717, 1.165) is 5.56 Å². The number of amides is 2. The number of rotatable bonds is 4. The van der Waals surface area contributed by atoms with E-state index in [2.05, 4.69) is 0 Å². The zero-order chi connectivity index (χ0) is 13.9. The van der Waals surface area contributed by atoms with E-state index in [9.17, 15) is 13.2 Å². The van der Waals surface area contributed by atoms with Gasteiger partial charge in [0, 0.05) is 5.69 Å². The molecular weight excluding hydrogens is 254 g/mol. The van der Waals surface area contributed by atoms with Crippen LogP contribution in [0.5, 0.6) is 0 Å². The van der Waals surface area contributed by atoms with Crippen molar-refractivity contribution < 1.29 is 13.2 Å². The quantitative estimate of drug-likeness (QED) is 0.701. The van der Waals surface area contributed by atoms with Crippen LogP contribution in [0.25, 0.3) is 0 Å². The van der Waals surface area contributed by atoms with Gasteiger partial charge in [0.2, 0.25) is 0 Å². The van der Waals surface area contributed by atoms with Gasteiger partial charge in [0.1, 0.15) is 0 Å². The van der Waals surface area contributed by atoms with E-state index in [1.54, 1.807) is 17.7 Å². The lowest BCUT2D eigenvalue weighted by molar-refractivity contribution is 0.253. The number of anilines is 1. The van der Waals surface area contributed by atoms with Gasteiger partial charge >= 0.3 is 6.03 Å². The van der Waals surface area contributed by atoms with Crippen LogP contribution in [0.15, 0.2) is 17.0 Å². The summed E-state index contributed by atoms with van der Waals surface area (Å²) in [6.45, 7) is 3.68. The van der Waals surface area contributed by atoms with Gasteiger partial charge in [0.05, 0.1) is 4.90 Å². The summed E-state index contributed by atoms with van der Waals surface area (Å²) in [4.78, 5) is 10.7. The predicted molar refractivity (Wildman–Crippen MR) is 69.5 cm³/mol. The lowest BCUT2D eigenvalue weighted by atomic mass is 10.1. The topological polar surface area (TPSA) is 115 Å². The molecule has 0 bridgehead atoms. The van der Waals surface area contributed by atoms with Crippen LogP contribution in [0.4, 0.5) is 10.5 Å². The molecule has 6 nitrogen and oxygen atoms in total. The minimum Gasteiger partial charge on any atom is -0.398 e. The van der Waals surface area contributed by atoms with Crippen molar-refractivity contribution in [2.24, 2.45) is 5.73 Å². The molecule has 0 aliphatic heterocycles. The predicted octanol–water partition coefficient (Wildman–Crippen LogP) is 0.751. The van der Waals surface area contributed by atoms with E-state index in [1.807, 2.05) is 6.92 Å². The lowest BCUT2D eigenvalue weighted by Gasteiger charge is -2.13. The number of aryl methyl sites for hydroxylation is 1. The maximum absolute atomic E-state index is 12.0. The van der Waals surface area contributed by atoms with Gasteiger partial charge in [0.15, 0.2) is 0 Å². The van der Waals surface area contributed by atoms with Crippen LogP contribution in [-0.2, 0) is 22.9 Å². The fraction of sp³-hybridized carbons (Fsp3) is 0.364. The van der Waals surface area contributed by atoms with E-state index in [0.29, 0.717) is 24.1 Å². The summed E-state index contributed by atoms with van der Waals surface area (Å²) in [6.07, 6.45) is 1.10. The maximum atomic E-state index is 12.0. The van der Waals surface area contributed by atoms with Crippen LogP contribution < -0.4 is 16.2 Å². The van der Waals surface area contributed by atoms with Gasteiger partial charge in [-0.25, -0.2) is 17.9 Å². The summed E-state index contributed by atoms with van der Waals surface area (Å²) in [6, 6.07) is 2.14. The molecule has 0 fully saturated rings. The first kappa shape index (κ1) is 14.3. The Morgan fingerprint density at radius 2 is 1.89 bits per heavy atom. The van der Waals surface area contributed by atoms with Crippen LogP contribution >= 0.6 is 0 Å². The number of urea groups is 1. The summed E-state index contributed by atoms with van der Waals surface area (Å²) < 4.78 is 25.7. The van der Waals surface area contributed by atoms with E-state index < -0.39 is 16.1 Å². The molecule has 1 aromatic carbocycles. The summed E-state index contributed by atoms with van der Waals surface area (Å²) in [5.41, 5.74) is 12.4. The first-order valence-corrected chi connectivity index (χ1v) is 7.03. The summed E-state index contributed by atoms with van der Waals surface area (Å²) in [5, 5.41) is 0. The molecule has 5 N–H and O–H groups in total. The van der Waals surface area contributed by atoms with Gasteiger partial charge in [0.25, 0.3) is 10.0 Å². The first-order valence-electron chi connectivity index (χ1n) is 5.55. The van der Waals surface area contributed by atoms with Crippen LogP contribution in [-0.4, -0.2) is 14.4 Å². The lowest BCUT2D eigenvalue weighted by Crippen LogP contribution is -2.35. The number of hydrogen-bond donors (Lipinski definition) is 3. The Balaban J connectivity index is 3.46. The zero-order valence-electron chi connectivity index (χ0n) is 10.4. The normalized spacial score (nSPS) is 11.2. The molecule has 1 rings (SSSR count). The molecule has 0 aliphatic carbocycles. The third-order valence-corrected chi connectivity index (χ3v) is 4.00. The van der Waals surface area contributed by atoms with Gasteiger partial charge in [-0.15, -0.1) is 0 Å². The van der Waals surface area contributed by atoms with Gasteiger partial charge in [-0.3, -0.25) is 0 Å². The van der Waals surface area contributed by atoms with Crippen molar-refractivity contribution in [1.82, 2.24) is 4.72 Å². The second-order valence-corrected chi connectivity index (χ2v) is 5.49. The second-order valence-electron chi connectivity index (χ2n) is 3.84. The Morgan fingerprint density at radius 1 is 1.28 bits per heavy atom. The van der Waals surface area contributed by atoms with Crippen LogP contribution in [0.2, 0.25) is 0 Å². The Labute approximate surface area is 106 Å². The molecule has 0 aliphatic rings. The number of nitrogen functional groups attached to an aromatic ring is 1. The molecule has 0 radical (unpaired) electrons. The summed E-state index contributed by atoms with van der Waals surface area (Å²) >= 11 is 0. The smallest absolute Gasteiger partial charge is 0.326 e. The SMILES string of the molecule is CCc1cc(N)c(CC)c(S(=O)(=O)NC(N)=O)c1. The average Bonchev–Trinajstić information content (AvgIpc) is 2.26. The second kappa shape index (κ2) is 5.26. The third kappa shape index (κ3) is 2.92. The summed E-state index contributed by atoms with van der Waals surface area (Å²) in [5.74, 6) is 0. The van der Waals surface area contributed by atoms with Crippen molar-refractivity contribution in [3.05, 3.63) is 23.3 Å². The highest BCUT2D eigenvalue weighted by atomic mass is 32.2. The number of primary amides is 1. The number of nitrogens with two attached hydrogens (primary N) is 2. The molecule has 100 valence electrons. The van der Waals surface area contributed by atoms with Gasteiger partial charge in [-0.05, 0) is 36.1 Å². The minimum atomic E-state index is -3.96. The summed E-state index contributed by atoms with van der Waals surface area (Å²) in [7, 11) is -3.96. The minimum absolute atomic E-state index is 0.0145. The van der Waals surface area contributed by atoms with E-state index in [-0.39, 0.29) is 4.90 Å². The van der Waals surface area contributed by atoms with E-state index in [4.69, 9.17) is 11.5 Å². The molecule has 1 aromatic rings. The standard InChI is InChI=1S/C11H17N3O3S/c1-3-7-5-9(12)8(4-2)10(6-7)18(16,17)14-11(13)15/h5-6H,3-4,12H2,1-2H3,(H3,13,14,15). The van der Waals surface area contributed by atoms with Crippen molar-refractivity contribution in [3.63, 3.8) is 0 Å². The molecule has 0 heterocycles. The fourth-order valence-electron chi connectivity index (χ4n) is 1.74. The highest BCUT2D eigenvalue weighted by Crippen LogP contribution is 2.25. The molecule has 0 atom stereocenters. The van der Waals surface area contributed by atoms with Crippen LogP contribution in [0.3, 0.4) is 0 Å². The number of nitrogens with one attached hydrogen (secondary N) is 1. The fourth-order valence-corrected chi connectivity index (χ4v) is 3.00. The van der Waals surface area contributed by atoms with E-state index >= 15 is 0 Å². The molecule has 0 saturated carbocycles. The number of carbonyl (C=O) groups excluding carboxylic acids is 1. The largest absolute Gasteiger partial charge is 0.398 e.